The first-order valence-electron chi connectivity index (χ1n) is 7.72. The maximum atomic E-state index is 12.5. The molecule has 1 atom stereocenters. The molecule has 3 rings (SSSR count). The van der Waals surface area contributed by atoms with Crippen molar-refractivity contribution >= 4 is 17.4 Å². The third-order valence-electron chi connectivity index (χ3n) is 4.23. The van der Waals surface area contributed by atoms with Crippen LogP contribution < -0.4 is 0 Å². The van der Waals surface area contributed by atoms with Crippen molar-refractivity contribution in [3.05, 3.63) is 10.6 Å². The summed E-state index contributed by atoms with van der Waals surface area (Å²) in [4.78, 5) is 17.6. The molecule has 2 aliphatic heterocycles. The van der Waals surface area contributed by atoms with E-state index in [1.165, 1.54) is 24.4 Å². The lowest BCUT2D eigenvalue weighted by atomic mass is 10.2. The van der Waals surface area contributed by atoms with Crippen molar-refractivity contribution in [3.8, 4) is 0 Å². The standard InChI is InChI=1S/C14H22N4O2S/c1-2-12-13(21-16-15-12)14(19)18-7-5-17(6-8-18)10-11-4-3-9-20-11/h11H,2-10H2,1H3. The predicted octanol–water partition coefficient (Wildman–Crippen LogP) is 1.04. The van der Waals surface area contributed by atoms with Crippen LogP contribution in [0.15, 0.2) is 0 Å². The van der Waals surface area contributed by atoms with Crippen molar-refractivity contribution in [2.45, 2.75) is 32.3 Å². The molecule has 2 saturated heterocycles. The quantitative estimate of drug-likeness (QED) is 0.831. The Morgan fingerprint density at radius 3 is 2.86 bits per heavy atom. The predicted molar refractivity (Wildman–Crippen MR) is 80.6 cm³/mol. The van der Waals surface area contributed by atoms with Crippen LogP contribution >= 0.6 is 11.5 Å². The number of amides is 1. The number of hydrogen-bond donors (Lipinski definition) is 0. The second kappa shape index (κ2) is 6.81. The van der Waals surface area contributed by atoms with E-state index in [0.717, 1.165) is 51.4 Å². The fourth-order valence-electron chi connectivity index (χ4n) is 2.96. The molecule has 1 aromatic rings. The minimum absolute atomic E-state index is 0.0959. The van der Waals surface area contributed by atoms with Crippen LogP contribution in [0.4, 0.5) is 0 Å². The lowest BCUT2D eigenvalue weighted by Crippen LogP contribution is -2.50. The lowest BCUT2D eigenvalue weighted by Gasteiger charge is -2.35. The third-order valence-corrected chi connectivity index (χ3v) is 4.99. The molecule has 7 heteroatoms. The number of piperazine rings is 1. The van der Waals surface area contributed by atoms with Crippen molar-refractivity contribution in [2.75, 3.05) is 39.3 Å². The molecule has 0 bridgehead atoms. The summed E-state index contributed by atoms with van der Waals surface area (Å²) in [5.41, 5.74) is 0.826. The van der Waals surface area contributed by atoms with E-state index in [-0.39, 0.29) is 5.91 Å². The molecule has 0 saturated carbocycles. The molecule has 0 N–H and O–H groups in total. The third kappa shape index (κ3) is 3.41. The first-order valence-corrected chi connectivity index (χ1v) is 8.49. The Balaban J connectivity index is 1.52. The number of carbonyl (C=O) groups excluding carboxylic acids is 1. The minimum Gasteiger partial charge on any atom is -0.377 e. The van der Waals surface area contributed by atoms with E-state index < -0.39 is 0 Å². The Hall–Kier alpha value is -1.05. The van der Waals surface area contributed by atoms with Crippen LogP contribution in [-0.2, 0) is 11.2 Å². The number of aromatic nitrogens is 2. The number of carbonyl (C=O) groups is 1. The maximum Gasteiger partial charge on any atom is 0.267 e. The molecule has 0 aromatic carbocycles. The molecule has 6 nitrogen and oxygen atoms in total. The van der Waals surface area contributed by atoms with Crippen molar-refractivity contribution in [3.63, 3.8) is 0 Å². The van der Waals surface area contributed by atoms with Gasteiger partial charge in [0.25, 0.3) is 5.91 Å². The fourth-order valence-corrected chi connectivity index (χ4v) is 3.67. The van der Waals surface area contributed by atoms with E-state index in [9.17, 15) is 4.79 Å². The molecule has 3 heterocycles. The summed E-state index contributed by atoms with van der Waals surface area (Å²) in [5, 5.41) is 4.03. The molecule has 0 spiro atoms. The first kappa shape index (κ1) is 14.9. The average Bonchev–Trinajstić information content (AvgIpc) is 3.18. The Morgan fingerprint density at radius 1 is 1.38 bits per heavy atom. The number of rotatable bonds is 4. The summed E-state index contributed by atoms with van der Waals surface area (Å²) < 4.78 is 9.59. The topological polar surface area (TPSA) is 58.6 Å². The summed E-state index contributed by atoms with van der Waals surface area (Å²) in [6.07, 6.45) is 3.51. The number of ether oxygens (including phenoxy) is 1. The van der Waals surface area contributed by atoms with Gasteiger partial charge >= 0.3 is 0 Å². The normalized spacial score (nSPS) is 23.7. The van der Waals surface area contributed by atoms with Gasteiger partial charge in [-0.25, -0.2) is 0 Å². The molecule has 0 aliphatic carbocycles. The van der Waals surface area contributed by atoms with Gasteiger partial charge < -0.3 is 9.64 Å². The fraction of sp³-hybridized carbons (Fsp3) is 0.786. The Bertz CT molecular complexity index is 479. The molecular weight excluding hydrogens is 288 g/mol. The highest BCUT2D eigenvalue weighted by atomic mass is 32.1. The van der Waals surface area contributed by atoms with Crippen LogP contribution in [0.1, 0.15) is 35.1 Å². The van der Waals surface area contributed by atoms with Gasteiger partial charge in [0.2, 0.25) is 0 Å². The van der Waals surface area contributed by atoms with Gasteiger partial charge in [0.1, 0.15) is 4.88 Å². The first-order chi connectivity index (χ1) is 10.3. The van der Waals surface area contributed by atoms with E-state index in [1.54, 1.807) is 0 Å². The van der Waals surface area contributed by atoms with Gasteiger partial charge in [-0.3, -0.25) is 9.69 Å². The molecule has 116 valence electrons. The van der Waals surface area contributed by atoms with Crippen molar-refractivity contribution in [2.24, 2.45) is 0 Å². The highest BCUT2D eigenvalue weighted by Crippen LogP contribution is 2.17. The summed E-state index contributed by atoms with van der Waals surface area (Å²) in [5.74, 6) is 0.0959. The lowest BCUT2D eigenvalue weighted by molar-refractivity contribution is 0.0434. The molecule has 2 aliphatic rings. The van der Waals surface area contributed by atoms with Gasteiger partial charge in [0.15, 0.2) is 0 Å². The molecule has 0 radical (unpaired) electrons. The smallest absolute Gasteiger partial charge is 0.267 e. The second-order valence-corrected chi connectivity index (χ2v) is 6.38. The Morgan fingerprint density at radius 2 is 2.19 bits per heavy atom. The van der Waals surface area contributed by atoms with Gasteiger partial charge in [-0.05, 0) is 30.8 Å². The van der Waals surface area contributed by atoms with Crippen molar-refractivity contribution in [1.29, 1.82) is 0 Å². The van der Waals surface area contributed by atoms with Crippen LogP contribution in [0.25, 0.3) is 0 Å². The molecule has 2 fully saturated rings. The highest BCUT2D eigenvalue weighted by molar-refractivity contribution is 7.08. The molecule has 1 aromatic heterocycles. The van der Waals surface area contributed by atoms with Gasteiger partial charge in [0, 0.05) is 39.3 Å². The number of aryl methyl sites for hydroxylation is 1. The molecular formula is C14H22N4O2S. The number of nitrogens with zero attached hydrogens (tertiary/aromatic N) is 4. The SMILES string of the molecule is CCc1nnsc1C(=O)N1CCN(CC2CCCO2)CC1. The number of hydrogen-bond acceptors (Lipinski definition) is 6. The Kier molecular flexibility index (Phi) is 4.82. The van der Waals surface area contributed by atoms with Crippen LogP contribution in [0, 0.1) is 0 Å². The van der Waals surface area contributed by atoms with E-state index in [0.29, 0.717) is 11.0 Å². The zero-order valence-corrected chi connectivity index (χ0v) is 13.3. The van der Waals surface area contributed by atoms with Crippen molar-refractivity contribution in [1.82, 2.24) is 19.4 Å². The van der Waals surface area contributed by atoms with Crippen LogP contribution in [0.3, 0.4) is 0 Å². The van der Waals surface area contributed by atoms with Gasteiger partial charge in [-0.1, -0.05) is 11.4 Å². The molecule has 1 amide bonds. The zero-order chi connectivity index (χ0) is 14.7. The molecule has 1 unspecified atom stereocenters. The van der Waals surface area contributed by atoms with Crippen molar-refractivity contribution < 1.29 is 9.53 Å². The van der Waals surface area contributed by atoms with E-state index in [4.69, 9.17) is 4.74 Å². The van der Waals surface area contributed by atoms with Gasteiger partial charge in [0.05, 0.1) is 11.8 Å². The van der Waals surface area contributed by atoms with E-state index in [2.05, 4.69) is 14.5 Å². The van der Waals surface area contributed by atoms with E-state index >= 15 is 0 Å². The van der Waals surface area contributed by atoms with E-state index in [1.807, 2.05) is 11.8 Å². The monoisotopic (exact) mass is 310 g/mol. The summed E-state index contributed by atoms with van der Waals surface area (Å²) in [7, 11) is 0. The van der Waals surface area contributed by atoms with Gasteiger partial charge in [-0.2, -0.15) is 0 Å². The Labute approximate surface area is 129 Å². The maximum absolute atomic E-state index is 12.5. The van der Waals surface area contributed by atoms with Crippen LogP contribution in [-0.4, -0.2) is 70.7 Å². The average molecular weight is 310 g/mol. The summed E-state index contributed by atoms with van der Waals surface area (Å²) in [6.45, 7) is 7.34. The summed E-state index contributed by atoms with van der Waals surface area (Å²) >= 11 is 1.22. The zero-order valence-electron chi connectivity index (χ0n) is 12.5. The second-order valence-electron chi connectivity index (χ2n) is 5.63. The molecule has 21 heavy (non-hydrogen) atoms. The largest absolute Gasteiger partial charge is 0.377 e. The van der Waals surface area contributed by atoms with Gasteiger partial charge in [-0.15, -0.1) is 5.10 Å². The minimum atomic E-state index is 0.0959. The summed E-state index contributed by atoms with van der Waals surface area (Å²) in [6, 6.07) is 0. The highest BCUT2D eigenvalue weighted by Gasteiger charge is 2.27. The van der Waals surface area contributed by atoms with Crippen LogP contribution in [0.5, 0.6) is 0 Å². The van der Waals surface area contributed by atoms with Crippen LogP contribution in [0.2, 0.25) is 0 Å².